The summed E-state index contributed by atoms with van der Waals surface area (Å²) in [6.45, 7) is 5.11. The van der Waals surface area contributed by atoms with Gasteiger partial charge in [0.15, 0.2) is 5.76 Å². The van der Waals surface area contributed by atoms with Crippen molar-refractivity contribution < 1.29 is 23.6 Å². The molecular formula is C21H21N3O5. The lowest BCUT2D eigenvalue weighted by Gasteiger charge is -2.34. The normalized spacial score (nSPS) is 16.6. The van der Waals surface area contributed by atoms with E-state index in [0.29, 0.717) is 37.3 Å². The number of nitrogens with zero attached hydrogens (tertiary/aromatic N) is 3. The van der Waals surface area contributed by atoms with Crippen molar-refractivity contribution >= 4 is 23.6 Å². The number of piperazine rings is 1. The number of hydrogen-bond donors (Lipinski definition) is 0. The third-order valence-electron chi connectivity index (χ3n) is 5.27. The predicted molar refractivity (Wildman–Crippen MR) is 103 cm³/mol. The largest absolute Gasteiger partial charge is 0.459 e. The van der Waals surface area contributed by atoms with Gasteiger partial charge >= 0.3 is 0 Å². The summed E-state index contributed by atoms with van der Waals surface area (Å²) >= 11 is 0. The van der Waals surface area contributed by atoms with E-state index in [4.69, 9.17) is 4.42 Å². The quantitative estimate of drug-likeness (QED) is 0.740. The van der Waals surface area contributed by atoms with Gasteiger partial charge in [-0.25, -0.2) is 0 Å². The maximum absolute atomic E-state index is 12.9. The molecule has 2 aromatic rings. The summed E-state index contributed by atoms with van der Waals surface area (Å²) < 4.78 is 5.14. The smallest absolute Gasteiger partial charge is 0.289 e. The second kappa shape index (κ2) is 7.20. The molecule has 1 aromatic carbocycles. The Morgan fingerprint density at radius 3 is 2.10 bits per heavy atom. The molecule has 0 saturated carbocycles. The summed E-state index contributed by atoms with van der Waals surface area (Å²) in [5, 5.41) is 0. The Bertz CT molecular complexity index is 988. The maximum Gasteiger partial charge on any atom is 0.289 e. The third kappa shape index (κ3) is 3.20. The number of furan rings is 1. The highest BCUT2D eigenvalue weighted by Crippen LogP contribution is 2.26. The Morgan fingerprint density at radius 2 is 1.52 bits per heavy atom. The van der Waals surface area contributed by atoms with Gasteiger partial charge in [0.1, 0.15) is 0 Å². The zero-order valence-corrected chi connectivity index (χ0v) is 16.3. The van der Waals surface area contributed by atoms with Crippen LogP contribution in [0.2, 0.25) is 0 Å². The molecule has 1 saturated heterocycles. The van der Waals surface area contributed by atoms with E-state index in [0.717, 1.165) is 0 Å². The van der Waals surface area contributed by atoms with Gasteiger partial charge in [0.25, 0.3) is 23.6 Å². The zero-order chi connectivity index (χ0) is 20.7. The average Bonchev–Trinajstić information content (AvgIpc) is 3.34. The van der Waals surface area contributed by atoms with E-state index in [1.165, 1.54) is 17.2 Å². The predicted octanol–water partition coefficient (Wildman–Crippen LogP) is 1.88. The van der Waals surface area contributed by atoms with Crippen molar-refractivity contribution in [3.8, 4) is 0 Å². The fourth-order valence-electron chi connectivity index (χ4n) is 3.71. The first kappa shape index (κ1) is 18.9. The molecule has 0 atom stereocenters. The Balaban J connectivity index is 1.46. The molecule has 2 aliphatic heterocycles. The highest BCUT2D eigenvalue weighted by molar-refractivity contribution is 6.22. The summed E-state index contributed by atoms with van der Waals surface area (Å²) in [5.74, 6) is -0.840. The van der Waals surface area contributed by atoms with Crippen molar-refractivity contribution in [3.63, 3.8) is 0 Å². The Labute approximate surface area is 167 Å². The van der Waals surface area contributed by atoms with Gasteiger partial charge in [-0.1, -0.05) is 0 Å². The summed E-state index contributed by atoms with van der Waals surface area (Å²) in [6.07, 6.45) is 1.45. The van der Waals surface area contributed by atoms with E-state index in [-0.39, 0.29) is 41.0 Å². The molecule has 0 aliphatic carbocycles. The van der Waals surface area contributed by atoms with Crippen molar-refractivity contribution in [1.82, 2.24) is 14.7 Å². The minimum absolute atomic E-state index is 0.197. The molecule has 3 heterocycles. The van der Waals surface area contributed by atoms with Crippen molar-refractivity contribution in [3.05, 3.63) is 59.0 Å². The number of amides is 4. The SMILES string of the molecule is CC(C)N1C(=O)c2ccc(C(=O)N3CCN(C(=O)c4ccco4)CC3)cc2C1=O. The molecule has 4 rings (SSSR count). The number of fused-ring (bicyclic) bond motifs is 1. The van der Waals surface area contributed by atoms with Crippen LogP contribution >= 0.6 is 0 Å². The topological polar surface area (TPSA) is 91.1 Å². The monoisotopic (exact) mass is 395 g/mol. The van der Waals surface area contributed by atoms with Crippen LogP contribution in [0.1, 0.15) is 55.5 Å². The number of carbonyl (C=O) groups excluding carboxylic acids is 4. The van der Waals surface area contributed by atoms with E-state index in [1.54, 1.807) is 47.9 Å². The Morgan fingerprint density at radius 1 is 0.897 bits per heavy atom. The molecule has 150 valence electrons. The van der Waals surface area contributed by atoms with Gasteiger partial charge in [0.2, 0.25) is 0 Å². The van der Waals surface area contributed by atoms with Crippen LogP contribution in [0.15, 0.2) is 41.0 Å². The molecule has 0 spiro atoms. The number of imide groups is 1. The van der Waals surface area contributed by atoms with E-state index in [9.17, 15) is 19.2 Å². The molecular weight excluding hydrogens is 374 g/mol. The van der Waals surface area contributed by atoms with Gasteiger partial charge in [-0.2, -0.15) is 0 Å². The van der Waals surface area contributed by atoms with Crippen LogP contribution in [-0.4, -0.2) is 70.5 Å². The van der Waals surface area contributed by atoms with Crippen molar-refractivity contribution in [2.45, 2.75) is 19.9 Å². The lowest BCUT2D eigenvalue weighted by molar-refractivity contribution is 0.0518. The van der Waals surface area contributed by atoms with Gasteiger partial charge in [0.05, 0.1) is 17.4 Å². The van der Waals surface area contributed by atoms with Crippen LogP contribution < -0.4 is 0 Å². The summed E-state index contributed by atoms with van der Waals surface area (Å²) in [6, 6.07) is 7.65. The second-order valence-electron chi connectivity index (χ2n) is 7.40. The van der Waals surface area contributed by atoms with E-state index in [2.05, 4.69) is 0 Å². The van der Waals surface area contributed by atoms with Crippen LogP contribution in [0.3, 0.4) is 0 Å². The van der Waals surface area contributed by atoms with E-state index < -0.39 is 0 Å². The molecule has 8 nitrogen and oxygen atoms in total. The molecule has 0 N–H and O–H groups in total. The Kier molecular flexibility index (Phi) is 4.70. The van der Waals surface area contributed by atoms with Crippen molar-refractivity contribution in [1.29, 1.82) is 0 Å². The zero-order valence-electron chi connectivity index (χ0n) is 16.3. The lowest BCUT2D eigenvalue weighted by atomic mass is 10.0. The minimum atomic E-state index is -0.372. The molecule has 0 bridgehead atoms. The number of hydrogen-bond acceptors (Lipinski definition) is 5. The first-order chi connectivity index (χ1) is 13.9. The van der Waals surface area contributed by atoms with Gasteiger partial charge in [-0.3, -0.25) is 24.1 Å². The Hall–Kier alpha value is -3.42. The molecule has 2 aliphatic rings. The summed E-state index contributed by atoms with van der Waals surface area (Å²) in [4.78, 5) is 54.7. The van der Waals surface area contributed by atoms with Gasteiger partial charge in [-0.05, 0) is 44.2 Å². The highest BCUT2D eigenvalue weighted by atomic mass is 16.3. The first-order valence-electron chi connectivity index (χ1n) is 9.52. The molecule has 1 fully saturated rings. The van der Waals surface area contributed by atoms with Crippen LogP contribution in [0, 0.1) is 0 Å². The molecule has 4 amide bonds. The fourth-order valence-corrected chi connectivity index (χ4v) is 3.71. The fraction of sp³-hybridized carbons (Fsp3) is 0.333. The van der Waals surface area contributed by atoms with Gasteiger partial charge in [-0.15, -0.1) is 0 Å². The summed E-state index contributed by atoms with van der Waals surface area (Å²) in [5.41, 5.74) is 0.955. The minimum Gasteiger partial charge on any atom is -0.459 e. The molecule has 29 heavy (non-hydrogen) atoms. The van der Waals surface area contributed by atoms with Crippen LogP contribution in [0.5, 0.6) is 0 Å². The molecule has 8 heteroatoms. The lowest BCUT2D eigenvalue weighted by Crippen LogP contribution is -2.50. The summed E-state index contributed by atoms with van der Waals surface area (Å²) in [7, 11) is 0. The second-order valence-corrected chi connectivity index (χ2v) is 7.40. The molecule has 0 unspecified atom stereocenters. The van der Waals surface area contributed by atoms with Crippen LogP contribution in [0.25, 0.3) is 0 Å². The van der Waals surface area contributed by atoms with E-state index in [1.807, 2.05) is 0 Å². The van der Waals surface area contributed by atoms with E-state index >= 15 is 0 Å². The number of rotatable bonds is 3. The number of benzene rings is 1. The maximum atomic E-state index is 12.9. The van der Waals surface area contributed by atoms with Crippen LogP contribution in [-0.2, 0) is 0 Å². The first-order valence-corrected chi connectivity index (χ1v) is 9.52. The van der Waals surface area contributed by atoms with Crippen LogP contribution in [0.4, 0.5) is 0 Å². The van der Waals surface area contributed by atoms with Gasteiger partial charge < -0.3 is 14.2 Å². The van der Waals surface area contributed by atoms with Gasteiger partial charge in [0, 0.05) is 37.8 Å². The molecule has 0 radical (unpaired) electrons. The highest BCUT2D eigenvalue weighted by Gasteiger charge is 2.38. The number of carbonyl (C=O) groups is 4. The van der Waals surface area contributed by atoms with Crippen molar-refractivity contribution in [2.75, 3.05) is 26.2 Å². The van der Waals surface area contributed by atoms with Crippen molar-refractivity contribution in [2.24, 2.45) is 0 Å². The third-order valence-corrected chi connectivity index (χ3v) is 5.27. The average molecular weight is 395 g/mol. The standard InChI is InChI=1S/C21H21N3O5/c1-13(2)24-19(26)15-6-5-14(12-16(15)20(24)27)18(25)22-7-9-23(10-8-22)21(28)17-4-3-11-29-17/h3-6,11-13H,7-10H2,1-2H3. The molecule has 1 aromatic heterocycles.